The summed E-state index contributed by atoms with van der Waals surface area (Å²) in [4.78, 5) is 22.9. The molecule has 1 aromatic carbocycles. The lowest BCUT2D eigenvalue weighted by atomic mass is 10.2. The Bertz CT molecular complexity index is 668. The van der Waals surface area contributed by atoms with Crippen molar-refractivity contribution < 1.29 is 9.59 Å². The summed E-state index contributed by atoms with van der Waals surface area (Å²) in [5.74, 6) is -0.840. The Morgan fingerprint density at radius 3 is 2.85 bits per heavy atom. The molecule has 20 heavy (non-hydrogen) atoms. The van der Waals surface area contributed by atoms with E-state index < -0.39 is 5.91 Å². The second-order valence-corrected chi connectivity index (χ2v) is 4.94. The zero-order valence-electron chi connectivity index (χ0n) is 10.3. The molecule has 1 heterocycles. The third kappa shape index (κ3) is 3.35. The molecule has 0 radical (unpaired) electrons. The zero-order valence-corrected chi connectivity index (χ0v) is 11.9. The summed E-state index contributed by atoms with van der Waals surface area (Å²) in [5.41, 5.74) is 12.1. The Labute approximate surface area is 123 Å². The number of nitrogens with zero attached hydrogens (tertiary/aromatic N) is 2. The van der Waals surface area contributed by atoms with Crippen LogP contribution in [-0.2, 0) is 11.3 Å². The predicted octanol–water partition coefficient (Wildman–Crippen LogP) is 0.965. The lowest BCUT2D eigenvalue weighted by Crippen LogP contribution is -2.18. The Hall–Kier alpha value is -2.35. The molecule has 8 heteroatoms. The van der Waals surface area contributed by atoms with Gasteiger partial charge in [0.05, 0.1) is 17.4 Å². The predicted molar refractivity (Wildman–Crippen MR) is 77.9 cm³/mol. The van der Waals surface area contributed by atoms with E-state index in [-0.39, 0.29) is 12.5 Å². The number of primary amides is 1. The Balaban J connectivity index is 2.13. The molecule has 5 N–H and O–H groups in total. The van der Waals surface area contributed by atoms with Gasteiger partial charge in [-0.1, -0.05) is 0 Å². The fourth-order valence-corrected chi connectivity index (χ4v) is 2.02. The van der Waals surface area contributed by atoms with Crippen molar-refractivity contribution in [1.29, 1.82) is 0 Å². The molecule has 1 aromatic heterocycles. The molecule has 2 rings (SSSR count). The van der Waals surface area contributed by atoms with Crippen LogP contribution in [0.5, 0.6) is 0 Å². The van der Waals surface area contributed by atoms with Crippen LogP contribution in [0.1, 0.15) is 10.4 Å². The molecule has 0 aliphatic carbocycles. The van der Waals surface area contributed by atoms with Gasteiger partial charge in [-0.3, -0.25) is 14.3 Å². The van der Waals surface area contributed by atoms with E-state index in [2.05, 4.69) is 26.3 Å². The SMILES string of the molecule is NC(=O)Cn1cc(NC(=O)c2cc(N)ccc2Br)cn1. The number of nitrogen functional groups attached to an aromatic ring is 1. The number of amides is 2. The first-order valence-corrected chi connectivity index (χ1v) is 6.42. The van der Waals surface area contributed by atoms with E-state index in [1.807, 2.05) is 0 Å². The van der Waals surface area contributed by atoms with Gasteiger partial charge in [0.15, 0.2) is 0 Å². The van der Waals surface area contributed by atoms with E-state index in [1.54, 1.807) is 18.2 Å². The molecular formula is C12H12BrN5O2. The van der Waals surface area contributed by atoms with Crippen LogP contribution in [0.3, 0.4) is 0 Å². The van der Waals surface area contributed by atoms with Crippen LogP contribution in [0.15, 0.2) is 35.1 Å². The van der Waals surface area contributed by atoms with Gasteiger partial charge in [-0.25, -0.2) is 0 Å². The Morgan fingerprint density at radius 2 is 2.15 bits per heavy atom. The van der Waals surface area contributed by atoms with E-state index >= 15 is 0 Å². The number of rotatable bonds is 4. The van der Waals surface area contributed by atoms with Crippen LogP contribution in [0.25, 0.3) is 0 Å². The smallest absolute Gasteiger partial charge is 0.256 e. The van der Waals surface area contributed by atoms with Gasteiger partial charge in [0.1, 0.15) is 6.54 Å². The average Bonchev–Trinajstić information content (AvgIpc) is 2.78. The summed E-state index contributed by atoms with van der Waals surface area (Å²) < 4.78 is 1.97. The first-order chi connectivity index (χ1) is 9.45. The minimum Gasteiger partial charge on any atom is -0.399 e. The summed E-state index contributed by atoms with van der Waals surface area (Å²) in [6.07, 6.45) is 2.95. The van der Waals surface area contributed by atoms with Gasteiger partial charge in [0, 0.05) is 16.4 Å². The maximum Gasteiger partial charge on any atom is 0.256 e. The largest absolute Gasteiger partial charge is 0.399 e. The molecule has 0 atom stereocenters. The van der Waals surface area contributed by atoms with Crippen LogP contribution >= 0.6 is 15.9 Å². The number of halogens is 1. The monoisotopic (exact) mass is 337 g/mol. The van der Waals surface area contributed by atoms with Gasteiger partial charge in [-0.2, -0.15) is 5.10 Å². The Kier molecular flexibility index (Phi) is 4.04. The standard InChI is InChI=1S/C12H12BrN5O2/c13-10-2-1-7(14)3-9(10)12(20)17-8-4-16-18(5-8)6-11(15)19/h1-5H,6,14H2,(H2,15,19)(H,17,20). The van der Waals surface area contributed by atoms with Crippen LogP contribution in [-0.4, -0.2) is 21.6 Å². The van der Waals surface area contributed by atoms with Gasteiger partial charge in [-0.15, -0.1) is 0 Å². The quantitative estimate of drug-likeness (QED) is 0.720. The summed E-state index contributed by atoms with van der Waals surface area (Å²) in [7, 11) is 0. The number of carbonyl (C=O) groups is 2. The van der Waals surface area contributed by atoms with Crippen molar-refractivity contribution in [3.8, 4) is 0 Å². The van der Waals surface area contributed by atoms with Crippen molar-refractivity contribution in [2.24, 2.45) is 5.73 Å². The number of hydrogen-bond acceptors (Lipinski definition) is 4. The summed E-state index contributed by atoms with van der Waals surface area (Å²) >= 11 is 3.28. The summed E-state index contributed by atoms with van der Waals surface area (Å²) in [5, 5.41) is 6.57. The van der Waals surface area contributed by atoms with Crippen LogP contribution in [0.4, 0.5) is 11.4 Å². The van der Waals surface area contributed by atoms with Gasteiger partial charge < -0.3 is 16.8 Å². The van der Waals surface area contributed by atoms with Crippen molar-refractivity contribution in [2.75, 3.05) is 11.1 Å². The van der Waals surface area contributed by atoms with E-state index in [4.69, 9.17) is 11.5 Å². The molecule has 0 fully saturated rings. The fourth-order valence-electron chi connectivity index (χ4n) is 1.59. The lowest BCUT2D eigenvalue weighted by Gasteiger charge is -2.05. The van der Waals surface area contributed by atoms with E-state index in [0.29, 0.717) is 21.4 Å². The highest BCUT2D eigenvalue weighted by atomic mass is 79.9. The second kappa shape index (κ2) is 5.74. The molecule has 0 aliphatic heterocycles. The molecule has 7 nitrogen and oxygen atoms in total. The molecule has 0 spiro atoms. The van der Waals surface area contributed by atoms with Crippen molar-refractivity contribution in [1.82, 2.24) is 9.78 Å². The van der Waals surface area contributed by atoms with Crippen LogP contribution < -0.4 is 16.8 Å². The normalized spacial score (nSPS) is 10.2. The molecule has 2 amide bonds. The van der Waals surface area contributed by atoms with Crippen molar-refractivity contribution in [3.05, 3.63) is 40.6 Å². The second-order valence-electron chi connectivity index (χ2n) is 4.09. The molecule has 0 saturated carbocycles. The molecule has 0 saturated heterocycles. The first kappa shape index (κ1) is 14.1. The highest BCUT2D eigenvalue weighted by molar-refractivity contribution is 9.10. The Morgan fingerprint density at radius 1 is 1.40 bits per heavy atom. The summed E-state index contributed by atoms with van der Waals surface area (Å²) in [6, 6.07) is 4.94. The number of anilines is 2. The van der Waals surface area contributed by atoms with Crippen molar-refractivity contribution in [2.45, 2.75) is 6.54 Å². The lowest BCUT2D eigenvalue weighted by molar-refractivity contribution is -0.118. The van der Waals surface area contributed by atoms with Gasteiger partial charge in [0.2, 0.25) is 5.91 Å². The molecule has 2 aromatic rings. The zero-order chi connectivity index (χ0) is 14.7. The number of benzene rings is 1. The van der Waals surface area contributed by atoms with Gasteiger partial charge in [-0.05, 0) is 34.1 Å². The first-order valence-electron chi connectivity index (χ1n) is 5.63. The number of nitrogens with one attached hydrogen (secondary N) is 1. The number of aromatic nitrogens is 2. The molecule has 0 aliphatic rings. The topological polar surface area (TPSA) is 116 Å². The van der Waals surface area contributed by atoms with Crippen LogP contribution in [0.2, 0.25) is 0 Å². The van der Waals surface area contributed by atoms with Crippen molar-refractivity contribution >= 4 is 39.1 Å². The molecule has 104 valence electrons. The molecule has 0 unspecified atom stereocenters. The third-order valence-electron chi connectivity index (χ3n) is 2.44. The molecular weight excluding hydrogens is 326 g/mol. The van der Waals surface area contributed by atoms with Gasteiger partial charge >= 0.3 is 0 Å². The molecule has 0 bridgehead atoms. The van der Waals surface area contributed by atoms with E-state index in [0.717, 1.165) is 0 Å². The highest BCUT2D eigenvalue weighted by Crippen LogP contribution is 2.20. The fraction of sp³-hybridized carbons (Fsp3) is 0.0833. The van der Waals surface area contributed by atoms with Gasteiger partial charge in [0.25, 0.3) is 5.91 Å². The minimum atomic E-state index is -0.510. The van der Waals surface area contributed by atoms with E-state index in [1.165, 1.54) is 17.1 Å². The van der Waals surface area contributed by atoms with Crippen molar-refractivity contribution in [3.63, 3.8) is 0 Å². The third-order valence-corrected chi connectivity index (χ3v) is 3.14. The van der Waals surface area contributed by atoms with Crippen LogP contribution in [0, 0.1) is 0 Å². The summed E-state index contributed by atoms with van der Waals surface area (Å²) in [6.45, 7) is -0.0438. The number of hydrogen-bond donors (Lipinski definition) is 3. The minimum absolute atomic E-state index is 0.0438. The highest BCUT2D eigenvalue weighted by Gasteiger charge is 2.12. The number of nitrogens with two attached hydrogens (primary N) is 2. The average molecular weight is 338 g/mol. The van der Waals surface area contributed by atoms with E-state index in [9.17, 15) is 9.59 Å². The maximum atomic E-state index is 12.1. The number of carbonyl (C=O) groups excluding carboxylic acids is 2. The maximum absolute atomic E-state index is 12.1.